The number of allylic oxidation sites excluding steroid dienone is 5. The average Bonchev–Trinajstić information content (AvgIpc) is 2.73. The van der Waals surface area contributed by atoms with Crippen LogP contribution in [0.25, 0.3) is 28.0 Å². The maximum absolute atomic E-state index is 4.31. The van der Waals surface area contributed by atoms with Gasteiger partial charge in [0.05, 0.1) is 0 Å². The van der Waals surface area contributed by atoms with Gasteiger partial charge in [-0.15, -0.1) is 0 Å². The van der Waals surface area contributed by atoms with Crippen molar-refractivity contribution in [2.24, 2.45) is 0 Å². The van der Waals surface area contributed by atoms with E-state index in [9.17, 15) is 0 Å². The van der Waals surface area contributed by atoms with Crippen molar-refractivity contribution in [1.29, 1.82) is 0 Å². The van der Waals surface area contributed by atoms with Crippen LogP contribution in [0.1, 0.15) is 36.5 Å². The standard InChI is InChI=1S/C27H26/c1-4-6-11-23(26-19-18-24-13-7-8-14-25(24)20-26)17-16-21(3)27-15-10-9-12-22(27)5-2/h5-15,17-20H,2-4,16H2,1H3/b11-6-,23-17+. The van der Waals surface area contributed by atoms with Gasteiger partial charge in [0.15, 0.2) is 0 Å². The molecule has 27 heavy (non-hydrogen) atoms. The van der Waals surface area contributed by atoms with E-state index in [1.807, 2.05) is 12.1 Å². The SMILES string of the molecule is C=Cc1ccccc1C(=C)C/C=C(\C=C/CC)c1ccc2ccccc2c1. The van der Waals surface area contributed by atoms with Crippen molar-refractivity contribution in [3.8, 4) is 0 Å². The third-order valence-corrected chi connectivity index (χ3v) is 4.75. The van der Waals surface area contributed by atoms with E-state index in [0.29, 0.717) is 0 Å². The second-order valence-electron chi connectivity index (χ2n) is 6.63. The van der Waals surface area contributed by atoms with Crippen molar-refractivity contribution in [1.82, 2.24) is 0 Å². The Labute approximate surface area is 162 Å². The van der Waals surface area contributed by atoms with Gasteiger partial charge in [-0.1, -0.05) is 105 Å². The number of fused-ring (bicyclic) bond motifs is 1. The summed E-state index contributed by atoms with van der Waals surface area (Å²) in [6.07, 6.45) is 10.4. The first-order valence-electron chi connectivity index (χ1n) is 9.48. The minimum absolute atomic E-state index is 0.807. The predicted molar refractivity (Wildman–Crippen MR) is 122 cm³/mol. The third kappa shape index (κ3) is 4.54. The molecule has 0 heteroatoms. The van der Waals surface area contributed by atoms with E-state index < -0.39 is 0 Å². The lowest BCUT2D eigenvalue weighted by atomic mass is 9.95. The van der Waals surface area contributed by atoms with Gasteiger partial charge in [-0.2, -0.15) is 0 Å². The van der Waals surface area contributed by atoms with Gasteiger partial charge in [0.1, 0.15) is 0 Å². The summed E-state index contributed by atoms with van der Waals surface area (Å²) in [6.45, 7) is 10.4. The fourth-order valence-corrected chi connectivity index (χ4v) is 3.24. The first-order valence-corrected chi connectivity index (χ1v) is 9.48. The smallest absolute Gasteiger partial charge is 0.00880 e. The molecule has 0 aliphatic heterocycles. The van der Waals surface area contributed by atoms with E-state index >= 15 is 0 Å². The molecule has 0 heterocycles. The van der Waals surface area contributed by atoms with Gasteiger partial charge in [0, 0.05) is 0 Å². The predicted octanol–water partition coefficient (Wildman–Crippen LogP) is 7.94. The van der Waals surface area contributed by atoms with Gasteiger partial charge in [0.25, 0.3) is 0 Å². The van der Waals surface area contributed by atoms with Gasteiger partial charge >= 0.3 is 0 Å². The summed E-state index contributed by atoms with van der Waals surface area (Å²) in [5.41, 5.74) is 5.88. The van der Waals surface area contributed by atoms with Gasteiger partial charge in [-0.3, -0.25) is 0 Å². The van der Waals surface area contributed by atoms with Crippen LogP contribution in [-0.2, 0) is 0 Å². The summed E-state index contributed by atoms with van der Waals surface area (Å²) in [5, 5.41) is 2.53. The first-order chi connectivity index (χ1) is 13.2. The first kappa shape index (κ1) is 18.7. The molecule has 134 valence electrons. The van der Waals surface area contributed by atoms with Gasteiger partial charge in [0.2, 0.25) is 0 Å². The van der Waals surface area contributed by atoms with Crippen LogP contribution >= 0.6 is 0 Å². The maximum atomic E-state index is 4.31. The van der Waals surface area contributed by atoms with Crippen molar-refractivity contribution >= 4 is 28.0 Å². The largest absolute Gasteiger partial charge is 0.0984 e. The molecule has 0 atom stereocenters. The lowest BCUT2D eigenvalue weighted by Gasteiger charge is -2.10. The van der Waals surface area contributed by atoms with E-state index in [0.717, 1.165) is 24.0 Å². The molecule has 0 amide bonds. The fourth-order valence-electron chi connectivity index (χ4n) is 3.24. The van der Waals surface area contributed by atoms with Gasteiger partial charge in [-0.05, 0) is 57.5 Å². The molecule has 3 aromatic rings. The normalized spacial score (nSPS) is 11.8. The average molecular weight is 351 g/mol. The van der Waals surface area contributed by atoms with Crippen LogP contribution in [0.15, 0.2) is 98.1 Å². The van der Waals surface area contributed by atoms with Crippen molar-refractivity contribution < 1.29 is 0 Å². The van der Waals surface area contributed by atoms with Crippen LogP contribution < -0.4 is 0 Å². The van der Waals surface area contributed by atoms with Crippen LogP contribution in [0, 0.1) is 0 Å². The minimum atomic E-state index is 0.807. The van der Waals surface area contributed by atoms with E-state index in [1.54, 1.807) is 0 Å². The molecule has 0 aliphatic carbocycles. The molecule has 0 spiro atoms. The highest BCUT2D eigenvalue weighted by molar-refractivity contribution is 5.88. The Bertz CT molecular complexity index is 1010. The number of rotatable bonds is 7. The zero-order valence-corrected chi connectivity index (χ0v) is 16.0. The highest BCUT2D eigenvalue weighted by Crippen LogP contribution is 2.27. The van der Waals surface area contributed by atoms with E-state index in [4.69, 9.17) is 0 Å². The maximum Gasteiger partial charge on any atom is -0.00880 e. The van der Waals surface area contributed by atoms with E-state index in [-0.39, 0.29) is 0 Å². The summed E-state index contributed by atoms with van der Waals surface area (Å²) in [6, 6.07) is 23.4. The Balaban J connectivity index is 1.92. The quantitative estimate of drug-likeness (QED) is 0.379. The summed E-state index contributed by atoms with van der Waals surface area (Å²) in [7, 11) is 0. The molecule has 0 radical (unpaired) electrons. The van der Waals surface area contributed by atoms with Crippen molar-refractivity contribution in [3.63, 3.8) is 0 Å². The second-order valence-corrected chi connectivity index (χ2v) is 6.63. The number of hydrogen-bond donors (Lipinski definition) is 0. The van der Waals surface area contributed by atoms with Crippen LogP contribution in [0.5, 0.6) is 0 Å². The highest BCUT2D eigenvalue weighted by atomic mass is 14.1. The minimum Gasteiger partial charge on any atom is -0.0984 e. The summed E-state index contributed by atoms with van der Waals surface area (Å²) < 4.78 is 0. The molecule has 0 aliphatic rings. The molecule has 0 unspecified atom stereocenters. The lowest BCUT2D eigenvalue weighted by Crippen LogP contribution is -1.88. The molecule has 0 N–H and O–H groups in total. The van der Waals surface area contributed by atoms with Crippen LogP contribution in [0.2, 0.25) is 0 Å². The Kier molecular flexibility index (Phi) is 6.22. The summed E-state index contributed by atoms with van der Waals surface area (Å²) >= 11 is 0. The van der Waals surface area contributed by atoms with E-state index in [2.05, 4.69) is 99.0 Å². The molecule has 0 nitrogen and oxygen atoms in total. The molecule has 0 saturated heterocycles. The topological polar surface area (TPSA) is 0 Å². The molecule has 3 aromatic carbocycles. The highest BCUT2D eigenvalue weighted by Gasteiger charge is 2.04. The molecule has 0 saturated carbocycles. The Morgan fingerprint density at radius 1 is 0.926 bits per heavy atom. The zero-order chi connectivity index (χ0) is 19.1. The van der Waals surface area contributed by atoms with Crippen LogP contribution in [-0.4, -0.2) is 0 Å². The number of benzene rings is 3. The molecular formula is C27H26. The molecule has 0 aromatic heterocycles. The molecule has 0 bridgehead atoms. The van der Waals surface area contributed by atoms with Crippen molar-refractivity contribution in [3.05, 3.63) is 115 Å². The Hall–Kier alpha value is -3.12. The molecule has 0 fully saturated rings. The lowest BCUT2D eigenvalue weighted by molar-refractivity contribution is 1.22. The van der Waals surface area contributed by atoms with E-state index in [1.165, 1.54) is 27.5 Å². The van der Waals surface area contributed by atoms with Crippen LogP contribution in [0.4, 0.5) is 0 Å². The second kappa shape index (κ2) is 9.00. The van der Waals surface area contributed by atoms with Gasteiger partial charge in [-0.25, -0.2) is 0 Å². The molecular weight excluding hydrogens is 324 g/mol. The molecule has 3 rings (SSSR count). The summed E-state index contributed by atoms with van der Waals surface area (Å²) in [4.78, 5) is 0. The van der Waals surface area contributed by atoms with Crippen molar-refractivity contribution in [2.75, 3.05) is 0 Å². The fraction of sp³-hybridized carbons (Fsp3) is 0.111. The monoisotopic (exact) mass is 350 g/mol. The van der Waals surface area contributed by atoms with Gasteiger partial charge < -0.3 is 0 Å². The number of hydrogen-bond acceptors (Lipinski definition) is 0. The van der Waals surface area contributed by atoms with Crippen molar-refractivity contribution in [2.45, 2.75) is 19.8 Å². The summed E-state index contributed by atoms with van der Waals surface area (Å²) in [5.74, 6) is 0. The third-order valence-electron chi connectivity index (χ3n) is 4.75. The Morgan fingerprint density at radius 2 is 1.67 bits per heavy atom. The zero-order valence-electron chi connectivity index (χ0n) is 16.0. The Morgan fingerprint density at radius 3 is 2.44 bits per heavy atom. The van der Waals surface area contributed by atoms with Crippen LogP contribution in [0.3, 0.4) is 0 Å².